The largest absolute Gasteiger partial charge is 0.383 e. The number of rotatable bonds is 3. The molecule has 0 radical (unpaired) electrons. The number of aryl methyl sites for hydroxylation is 1. The number of hydrogen-bond donors (Lipinski definition) is 1. The number of anilines is 1. The van der Waals surface area contributed by atoms with Gasteiger partial charge in [0.2, 0.25) is 0 Å². The summed E-state index contributed by atoms with van der Waals surface area (Å²) in [4.78, 5) is 0. The molecule has 0 aliphatic carbocycles. The molecule has 1 aromatic heterocycles. The summed E-state index contributed by atoms with van der Waals surface area (Å²) in [6, 6.07) is 10.2. The van der Waals surface area contributed by atoms with Gasteiger partial charge in [0.05, 0.1) is 6.54 Å². The van der Waals surface area contributed by atoms with Crippen LogP contribution in [-0.2, 0) is 6.54 Å². The van der Waals surface area contributed by atoms with Crippen molar-refractivity contribution in [3.63, 3.8) is 0 Å². The van der Waals surface area contributed by atoms with Crippen molar-refractivity contribution in [2.75, 3.05) is 12.0 Å². The van der Waals surface area contributed by atoms with Gasteiger partial charge in [0.15, 0.2) is 0 Å². The van der Waals surface area contributed by atoms with Crippen molar-refractivity contribution in [1.29, 1.82) is 5.26 Å². The van der Waals surface area contributed by atoms with Crippen molar-refractivity contribution in [3.05, 3.63) is 41.0 Å². The van der Waals surface area contributed by atoms with E-state index in [-0.39, 0.29) is 0 Å². The Kier molecular flexibility index (Phi) is 3.58. The third kappa shape index (κ3) is 2.20. The van der Waals surface area contributed by atoms with Gasteiger partial charge >= 0.3 is 0 Å². The number of nitriles is 1. The van der Waals surface area contributed by atoms with E-state index in [0.717, 1.165) is 5.56 Å². The number of hydrogen-bond acceptors (Lipinski definition) is 4. The van der Waals surface area contributed by atoms with Crippen molar-refractivity contribution < 1.29 is 0 Å². The molecule has 5 heteroatoms. The first-order valence-electron chi connectivity index (χ1n) is 5.52. The number of benzene rings is 1. The second-order valence-corrected chi connectivity index (χ2v) is 4.76. The van der Waals surface area contributed by atoms with E-state index in [0.29, 0.717) is 23.0 Å². The first-order valence-corrected chi connectivity index (χ1v) is 6.74. The molecule has 0 atom stereocenters. The van der Waals surface area contributed by atoms with Crippen molar-refractivity contribution >= 4 is 17.6 Å². The Morgan fingerprint density at radius 3 is 2.72 bits per heavy atom. The number of nitrogens with two attached hydrogens (primary N) is 1. The number of aromatic nitrogens is 2. The highest BCUT2D eigenvalue weighted by molar-refractivity contribution is 7.98. The van der Waals surface area contributed by atoms with Crippen molar-refractivity contribution in [2.45, 2.75) is 18.5 Å². The fraction of sp³-hybridized carbons (Fsp3) is 0.231. The second kappa shape index (κ2) is 5.15. The molecule has 2 aromatic rings. The summed E-state index contributed by atoms with van der Waals surface area (Å²) in [6.07, 6.45) is 1.89. The highest BCUT2D eigenvalue weighted by Gasteiger charge is 2.14. The van der Waals surface area contributed by atoms with Gasteiger partial charge in [-0.2, -0.15) is 10.4 Å². The summed E-state index contributed by atoms with van der Waals surface area (Å²) >= 11 is 1.44. The minimum absolute atomic E-state index is 0.435. The number of thioether (sulfide) groups is 1. The van der Waals surface area contributed by atoms with Crippen molar-refractivity contribution in [3.8, 4) is 6.07 Å². The van der Waals surface area contributed by atoms with E-state index < -0.39 is 0 Å². The third-order valence-corrected chi connectivity index (χ3v) is 3.52. The first-order chi connectivity index (χ1) is 8.67. The molecule has 0 spiro atoms. The Balaban J connectivity index is 2.39. The summed E-state index contributed by atoms with van der Waals surface area (Å²) in [7, 11) is 0. The molecule has 1 aromatic carbocycles. The average Bonchev–Trinajstić information content (AvgIpc) is 2.68. The molecule has 0 amide bonds. The Hall–Kier alpha value is -1.93. The molecular weight excluding hydrogens is 244 g/mol. The quantitative estimate of drug-likeness (QED) is 0.858. The zero-order valence-electron chi connectivity index (χ0n) is 10.3. The van der Waals surface area contributed by atoms with Gasteiger partial charge in [0, 0.05) is 0 Å². The molecule has 1 heterocycles. The lowest BCUT2D eigenvalue weighted by molar-refractivity contribution is 0.673. The maximum Gasteiger partial charge on any atom is 0.141 e. The van der Waals surface area contributed by atoms with Gasteiger partial charge in [-0.15, -0.1) is 11.8 Å². The van der Waals surface area contributed by atoms with E-state index in [1.807, 2.05) is 24.5 Å². The maximum atomic E-state index is 9.07. The van der Waals surface area contributed by atoms with Crippen LogP contribution in [0.25, 0.3) is 0 Å². The van der Waals surface area contributed by atoms with Crippen molar-refractivity contribution in [2.24, 2.45) is 0 Å². The lowest BCUT2D eigenvalue weighted by Crippen LogP contribution is -2.07. The minimum atomic E-state index is 0.435. The fourth-order valence-corrected chi connectivity index (χ4v) is 2.30. The Morgan fingerprint density at radius 2 is 2.17 bits per heavy atom. The zero-order valence-corrected chi connectivity index (χ0v) is 11.2. The monoisotopic (exact) mass is 258 g/mol. The van der Waals surface area contributed by atoms with Crippen LogP contribution >= 0.6 is 11.8 Å². The van der Waals surface area contributed by atoms with Gasteiger partial charge in [-0.05, 0) is 24.3 Å². The predicted octanol–water partition coefficient (Wildman–Crippen LogP) is 2.42. The molecule has 0 fully saturated rings. The average molecular weight is 258 g/mol. The van der Waals surface area contributed by atoms with Crippen LogP contribution < -0.4 is 5.73 Å². The van der Waals surface area contributed by atoms with Crippen LogP contribution in [0.15, 0.2) is 29.3 Å². The van der Waals surface area contributed by atoms with Gasteiger partial charge in [-0.1, -0.05) is 24.3 Å². The molecular formula is C13H14N4S. The minimum Gasteiger partial charge on any atom is -0.383 e. The van der Waals surface area contributed by atoms with E-state index in [9.17, 15) is 0 Å². The van der Waals surface area contributed by atoms with Crippen molar-refractivity contribution in [1.82, 2.24) is 9.78 Å². The predicted molar refractivity (Wildman–Crippen MR) is 73.4 cm³/mol. The molecule has 92 valence electrons. The molecule has 0 saturated carbocycles. The van der Waals surface area contributed by atoms with E-state index in [1.54, 1.807) is 4.68 Å². The highest BCUT2D eigenvalue weighted by Crippen LogP contribution is 2.24. The van der Waals surface area contributed by atoms with Gasteiger partial charge < -0.3 is 5.73 Å². The van der Waals surface area contributed by atoms with E-state index >= 15 is 0 Å². The summed E-state index contributed by atoms with van der Waals surface area (Å²) in [5.41, 5.74) is 8.77. The molecule has 0 aliphatic heterocycles. The van der Waals surface area contributed by atoms with Gasteiger partial charge in [-0.25, -0.2) is 4.68 Å². The molecule has 0 unspecified atom stereocenters. The normalized spacial score (nSPS) is 10.3. The SMILES string of the molecule is CSc1nn(Cc2ccccc2C)c(N)c1C#N. The smallest absolute Gasteiger partial charge is 0.141 e. The lowest BCUT2D eigenvalue weighted by Gasteiger charge is -2.07. The van der Waals surface area contributed by atoms with Crippen LogP contribution in [-0.4, -0.2) is 16.0 Å². The lowest BCUT2D eigenvalue weighted by atomic mass is 10.1. The molecule has 0 bridgehead atoms. The highest BCUT2D eigenvalue weighted by atomic mass is 32.2. The molecule has 2 N–H and O–H groups in total. The van der Waals surface area contributed by atoms with Gasteiger partial charge in [-0.3, -0.25) is 0 Å². The summed E-state index contributed by atoms with van der Waals surface area (Å²) in [5, 5.41) is 14.1. The van der Waals surface area contributed by atoms with Crippen LogP contribution in [0.5, 0.6) is 0 Å². The fourth-order valence-electron chi connectivity index (χ4n) is 1.77. The molecule has 4 nitrogen and oxygen atoms in total. The van der Waals surface area contributed by atoms with Crippen LogP contribution in [0, 0.1) is 18.3 Å². The van der Waals surface area contributed by atoms with Crippen LogP contribution in [0.3, 0.4) is 0 Å². The Labute approximate surface area is 110 Å². The maximum absolute atomic E-state index is 9.07. The molecule has 0 saturated heterocycles. The van der Waals surface area contributed by atoms with E-state index in [2.05, 4.69) is 24.2 Å². The topological polar surface area (TPSA) is 67.6 Å². The van der Waals surface area contributed by atoms with E-state index in [1.165, 1.54) is 17.3 Å². The van der Waals surface area contributed by atoms with E-state index in [4.69, 9.17) is 11.0 Å². The van der Waals surface area contributed by atoms with Crippen LogP contribution in [0.4, 0.5) is 5.82 Å². The molecule has 2 rings (SSSR count). The summed E-state index contributed by atoms with van der Waals surface area (Å²) in [6.45, 7) is 2.64. The third-order valence-electron chi connectivity index (χ3n) is 2.85. The summed E-state index contributed by atoms with van der Waals surface area (Å²) in [5.74, 6) is 0.435. The number of nitrogen functional groups attached to an aromatic ring is 1. The zero-order chi connectivity index (χ0) is 13.1. The standard InChI is InChI=1S/C13H14N4S/c1-9-5-3-4-6-10(9)8-17-12(15)11(7-14)13(16-17)18-2/h3-6H,8,15H2,1-2H3. The van der Waals surface area contributed by atoms with Gasteiger partial charge in [0.1, 0.15) is 22.5 Å². The van der Waals surface area contributed by atoms with Crippen LogP contribution in [0.2, 0.25) is 0 Å². The first kappa shape index (κ1) is 12.5. The number of nitrogens with zero attached hydrogens (tertiary/aromatic N) is 3. The summed E-state index contributed by atoms with van der Waals surface area (Å²) < 4.78 is 1.69. The van der Waals surface area contributed by atoms with Crippen LogP contribution in [0.1, 0.15) is 16.7 Å². The Morgan fingerprint density at radius 1 is 1.44 bits per heavy atom. The van der Waals surface area contributed by atoms with Gasteiger partial charge in [0.25, 0.3) is 0 Å². The molecule has 18 heavy (non-hydrogen) atoms. The molecule has 0 aliphatic rings. The second-order valence-electron chi connectivity index (χ2n) is 3.97. The Bertz CT molecular complexity index is 610.